The molecule has 2 aliphatic rings. The van der Waals surface area contributed by atoms with Crippen LogP contribution < -0.4 is 20.1 Å². The van der Waals surface area contributed by atoms with E-state index < -0.39 is 0 Å². The number of carbonyl (C=O) groups excluding carboxylic acids is 1. The van der Waals surface area contributed by atoms with E-state index in [0.29, 0.717) is 36.9 Å². The van der Waals surface area contributed by atoms with Gasteiger partial charge in [-0.15, -0.1) is 10.2 Å². The largest absolute Gasteiger partial charge is 0.486 e. The highest BCUT2D eigenvalue weighted by molar-refractivity contribution is 9.10. The molecule has 0 saturated heterocycles. The van der Waals surface area contributed by atoms with Gasteiger partial charge >= 0.3 is 6.03 Å². The Morgan fingerprint density at radius 3 is 2.88 bits per heavy atom. The minimum Gasteiger partial charge on any atom is -0.486 e. The molecule has 0 atom stereocenters. The molecule has 8 nitrogen and oxygen atoms in total. The van der Waals surface area contributed by atoms with Crippen LogP contribution in [0.5, 0.6) is 11.5 Å². The molecule has 2 aromatic rings. The van der Waals surface area contributed by atoms with Crippen LogP contribution >= 0.6 is 15.9 Å². The van der Waals surface area contributed by atoms with E-state index in [1.54, 1.807) is 12.1 Å². The molecular weight excluding hydrogens is 378 g/mol. The smallest absolute Gasteiger partial charge is 0.319 e. The number of rotatable bonds is 3. The molecule has 126 valence electrons. The first kappa shape index (κ1) is 15.3. The van der Waals surface area contributed by atoms with Gasteiger partial charge in [0.15, 0.2) is 17.3 Å². The van der Waals surface area contributed by atoms with Gasteiger partial charge in [-0.25, -0.2) is 4.79 Å². The van der Waals surface area contributed by atoms with Crippen LogP contribution in [0.2, 0.25) is 0 Å². The van der Waals surface area contributed by atoms with E-state index in [2.05, 4.69) is 41.3 Å². The van der Waals surface area contributed by atoms with Gasteiger partial charge in [-0.1, -0.05) is 0 Å². The number of urea groups is 1. The summed E-state index contributed by atoms with van der Waals surface area (Å²) >= 11 is 3.43. The van der Waals surface area contributed by atoms with Gasteiger partial charge < -0.3 is 24.7 Å². The quantitative estimate of drug-likeness (QED) is 0.832. The molecule has 0 unspecified atom stereocenters. The summed E-state index contributed by atoms with van der Waals surface area (Å²) in [5.41, 5.74) is 0.614. The average Bonchev–Trinajstić information content (AvgIpc) is 3.17. The minimum atomic E-state index is -0.317. The Bertz CT molecular complexity index is 792. The van der Waals surface area contributed by atoms with Crippen molar-refractivity contribution in [3.8, 4) is 11.5 Å². The highest BCUT2D eigenvalue weighted by Crippen LogP contribution is 2.38. The Balaban J connectivity index is 1.41. The summed E-state index contributed by atoms with van der Waals surface area (Å²) < 4.78 is 13.8. The second-order valence-electron chi connectivity index (χ2n) is 5.57. The molecule has 0 radical (unpaired) electrons. The van der Waals surface area contributed by atoms with Crippen molar-refractivity contribution in [1.29, 1.82) is 0 Å². The number of aromatic nitrogens is 3. The summed E-state index contributed by atoms with van der Waals surface area (Å²) in [4.78, 5) is 12.2. The van der Waals surface area contributed by atoms with Crippen molar-refractivity contribution in [1.82, 2.24) is 20.1 Å². The predicted octanol–water partition coefficient (Wildman–Crippen LogP) is 2.08. The third-order valence-electron chi connectivity index (χ3n) is 3.97. The number of aryl methyl sites for hydroxylation is 1. The summed E-state index contributed by atoms with van der Waals surface area (Å²) in [6.45, 7) is 2.27. The number of fused-ring (bicyclic) bond motifs is 2. The van der Waals surface area contributed by atoms with Gasteiger partial charge in [0.1, 0.15) is 19.0 Å². The van der Waals surface area contributed by atoms with E-state index >= 15 is 0 Å². The maximum atomic E-state index is 12.2. The van der Waals surface area contributed by atoms with Gasteiger partial charge in [0.2, 0.25) is 0 Å². The molecule has 1 aromatic carbocycles. The summed E-state index contributed by atoms with van der Waals surface area (Å²) in [6, 6.07) is 3.21. The number of nitrogens with one attached hydrogen (secondary N) is 2. The third-order valence-corrected chi connectivity index (χ3v) is 4.63. The molecule has 0 saturated carbocycles. The Hall–Kier alpha value is -2.29. The lowest BCUT2D eigenvalue weighted by Gasteiger charge is -2.20. The van der Waals surface area contributed by atoms with Crippen LogP contribution in [0.25, 0.3) is 0 Å². The summed E-state index contributed by atoms with van der Waals surface area (Å²) in [5, 5.41) is 13.8. The Morgan fingerprint density at radius 2 is 2.04 bits per heavy atom. The zero-order valence-electron chi connectivity index (χ0n) is 12.8. The van der Waals surface area contributed by atoms with E-state index in [9.17, 15) is 4.79 Å². The SMILES string of the molecule is O=C(NCc1nnc2n1CCC2)Nc1cc2c(cc1Br)OCCO2. The van der Waals surface area contributed by atoms with E-state index in [4.69, 9.17) is 9.47 Å². The first-order valence-electron chi connectivity index (χ1n) is 7.75. The van der Waals surface area contributed by atoms with Crippen LogP contribution in [-0.2, 0) is 19.5 Å². The molecule has 0 bridgehead atoms. The molecule has 4 rings (SSSR count). The molecule has 2 amide bonds. The van der Waals surface area contributed by atoms with Gasteiger partial charge in [-0.05, 0) is 22.4 Å². The highest BCUT2D eigenvalue weighted by atomic mass is 79.9. The van der Waals surface area contributed by atoms with Crippen molar-refractivity contribution in [2.24, 2.45) is 0 Å². The molecule has 2 N–H and O–H groups in total. The fourth-order valence-electron chi connectivity index (χ4n) is 2.83. The minimum absolute atomic E-state index is 0.317. The number of nitrogens with zero attached hydrogens (tertiary/aromatic N) is 3. The van der Waals surface area contributed by atoms with Crippen molar-refractivity contribution >= 4 is 27.6 Å². The first-order valence-corrected chi connectivity index (χ1v) is 8.55. The monoisotopic (exact) mass is 393 g/mol. The van der Waals surface area contributed by atoms with Gasteiger partial charge in [0, 0.05) is 29.6 Å². The predicted molar refractivity (Wildman–Crippen MR) is 89.3 cm³/mol. The van der Waals surface area contributed by atoms with E-state index in [1.165, 1.54) is 0 Å². The number of hydrogen-bond acceptors (Lipinski definition) is 5. The van der Waals surface area contributed by atoms with Crippen LogP contribution in [0.3, 0.4) is 0 Å². The Kier molecular flexibility index (Phi) is 4.01. The number of benzene rings is 1. The number of halogens is 1. The van der Waals surface area contributed by atoms with E-state index in [0.717, 1.165) is 35.5 Å². The number of amides is 2. The lowest BCUT2D eigenvalue weighted by molar-refractivity contribution is 0.171. The van der Waals surface area contributed by atoms with Crippen LogP contribution in [0.15, 0.2) is 16.6 Å². The summed E-state index contributed by atoms with van der Waals surface area (Å²) in [7, 11) is 0. The highest BCUT2D eigenvalue weighted by Gasteiger charge is 2.19. The van der Waals surface area contributed by atoms with E-state index in [1.807, 2.05) is 0 Å². The molecular formula is C15H16BrN5O3. The van der Waals surface area contributed by atoms with Crippen molar-refractivity contribution in [2.75, 3.05) is 18.5 Å². The van der Waals surface area contributed by atoms with Crippen molar-refractivity contribution in [2.45, 2.75) is 25.9 Å². The summed E-state index contributed by atoms with van der Waals surface area (Å²) in [6.07, 6.45) is 2.03. The van der Waals surface area contributed by atoms with Gasteiger partial charge in [0.05, 0.1) is 12.2 Å². The summed E-state index contributed by atoms with van der Waals surface area (Å²) in [5.74, 6) is 3.05. The fourth-order valence-corrected chi connectivity index (χ4v) is 3.25. The normalized spacial score (nSPS) is 15.0. The molecule has 24 heavy (non-hydrogen) atoms. The zero-order valence-corrected chi connectivity index (χ0v) is 14.4. The van der Waals surface area contributed by atoms with Crippen molar-refractivity contribution in [3.05, 3.63) is 28.3 Å². The lowest BCUT2D eigenvalue weighted by Crippen LogP contribution is -2.29. The van der Waals surface area contributed by atoms with Crippen LogP contribution in [0.4, 0.5) is 10.5 Å². The second-order valence-corrected chi connectivity index (χ2v) is 6.43. The standard InChI is InChI=1S/C15H16BrN5O3/c16-9-6-11-12(24-5-4-23-11)7-10(9)18-15(22)17-8-14-20-19-13-2-1-3-21(13)14/h6-7H,1-5,8H2,(H2,17,18,22). The van der Waals surface area contributed by atoms with Gasteiger partial charge in [0.25, 0.3) is 0 Å². The molecule has 1 aromatic heterocycles. The van der Waals surface area contributed by atoms with Crippen LogP contribution in [0.1, 0.15) is 18.1 Å². The molecule has 3 heterocycles. The third kappa shape index (κ3) is 2.91. The molecule has 0 aliphatic carbocycles. The second kappa shape index (κ2) is 6.31. The van der Waals surface area contributed by atoms with Gasteiger partial charge in [-0.2, -0.15) is 0 Å². The molecule has 0 fully saturated rings. The number of anilines is 1. The number of carbonyl (C=O) groups is 1. The maximum Gasteiger partial charge on any atom is 0.319 e. The topological polar surface area (TPSA) is 90.3 Å². The average molecular weight is 394 g/mol. The number of ether oxygens (including phenoxy) is 2. The van der Waals surface area contributed by atoms with Gasteiger partial charge in [-0.3, -0.25) is 0 Å². The van der Waals surface area contributed by atoms with E-state index in [-0.39, 0.29) is 6.03 Å². The zero-order chi connectivity index (χ0) is 16.5. The van der Waals surface area contributed by atoms with Crippen LogP contribution in [0, 0.1) is 0 Å². The van der Waals surface area contributed by atoms with Crippen molar-refractivity contribution < 1.29 is 14.3 Å². The molecule has 0 spiro atoms. The maximum absolute atomic E-state index is 12.2. The fraction of sp³-hybridized carbons (Fsp3) is 0.400. The number of hydrogen-bond donors (Lipinski definition) is 2. The Morgan fingerprint density at radius 1 is 1.25 bits per heavy atom. The van der Waals surface area contributed by atoms with Crippen molar-refractivity contribution in [3.63, 3.8) is 0 Å². The first-order chi connectivity index (χ1) is 11.7. The lowest BCUT2D eigenvalue weighted by atomic mass is 10.2. The van der Waals surface area contributed by atoms with Crippen LogP contribution in [-0.4, -0.2) is 34.0 Å². The Labute approximate surface area is 146 Å². The molecule has 2 aliphatic heterocycles. The molecule has 9 heteroatoms.